The normalized spacial score (nSPS) is 13.4. The van der Waals surface area contributed by atoms with Gasteiger partial charge in [-0.25, -0.2) is 17.7 Å². The molecule has 2 aromatic heterocycles. The van der Waals surface area contributed by atoms with Gasteiger partial charge in [-0.15, -0.1) is 0 Å². The van der Waals surface area contributed by atoms with E-state index in [1.807, 2.05) is 6.92 Å². The maximum Gasteiger partial charge on any atom is 0.244 e. The number of sulfonamides is 1. The van der Waals surface area contributed by atoms with Crippen LogP contribution in [0.3, 0.4) is 0 Å². The van der Waals surface area contributed by atoms with Crippen molar-refractivity contribution in [2.45, 2.75) is 17.9 Å². The van der Waals surface area contributed by atoms with Crippen LogP contribution in [0.2, 0.25) is 0 Å². The standard InChI is InChI=1S/C12H17N5O2S/c1-9(10-6-14-15-7-10)16-12-5-4-11(8-13-12)20(18,19)17(2)3/h4-9H,1-3H3,(H,13,16)(H,14,15). The molecule has 0 aliphatic carbocycles. The summed E-state index contributed by atoms with van der Waals surface area (Å²) in [6.45, 7) is 1.97. The molecule has 0 saturated carbocycles. The minimum Gasteiger partial charge on any atom is -0.363 e. The highest BCUT2D eigenvalue weighted by molar-refractivity contribution is 7.89. The van der Waals surface area contributed by atoms with Gasteiger partial charge < -0.3 is 5.32 Å². The van der Waals surface area contributed by atoms with Gasteiger partial charge in [0.05, 0.1) is 12.2 Å². The average Bonchev–Trinajstić information content (AvgIpc) is 2.93. The van der Waals surface area contributed by atoms with Crippen molar-refractivity contribution in [1.29, 1.82) is 0 Å². The molecule has 2 heterocycles. The summed E-state index contributed by atoms with van der Waals surface area (Å²) in [4.78, 5) is 4.30. The Morgan fingerprint density at radius 2 is 2.05 bits per heavy atom. The first-order valence-electron chi connectivity index (χ1n) is 6.05. The Bertz CT molecular complexity index is 650. The Labute approximate surface area is 118 Å². The number of aromatic amines is 1. The molecule has 0 aromatic carbocycles. The molecule has 2 N–H and O–H groups in total. The summed E-state index contributed by atoms with van der Waals surface area (Å²) in [5, 5.41) is 9.80. The summed E-state index contributed by atoms with van der Waals surface area (Å²) in [5.41, 5.74) is 0.997. The number of H-pyrrole nitrogens is 1. The summed E-state index contributed by atoms with van der Waals surface area (Å²) in [7, 11) is -0.460. The molecule has 0 radical (unpaired) electrons. The van der Waals surface area contributed by atoms with Crippen molar-refractivity contribution in [2.75, 3.05) is 19.4 Å². The van der Waals surface area contributed by atoms with Crippen molar-refractivity contribution in [2.24, 2.45) is 0 Å². The van der Waals surface area contributed by atoms with Gasteiger partial charge in [0, 0.05) is 32.1 Å². The van der Waals surface area contributed by atoms with Crippen molar-refractivity contribution < 1.29 is 8.42 Å². The van der Waals surface area contributed by atoms with E-state index >= 15 is 0 Å². The lowest BCUT2D eigenvalue weighted by Crippen LogP contribution is -2.22. The highest BCUT2D eigenvalue weighted by Crippen LogP contribution is 2.18. The average molecular weight is 295 g/mol. The second-order valence-electron chi connectivity index (χ2n) is 4.56. The largest absolute Gasteiger partial charge is 0.363 e. The number of aromatic nitrogens is 3. The third-order valence-electron chi connectivity index (χ3n) is 2.90. The van der Waals surface area contributed by atoms with Gasteiger partial charge in [0.25, 0.3) is 0 Å². The van der Waals surface area contributed by atoms with Crippen LogP contribution in [0.15, 0.2) is 35.6 Å². The van der Waals surface area contributed by atoms with Crippen LogP contribution in [0.25, 0.3) is 0 Å². The fraction of sp³-hybridized carbons (Fsp3) is 0.333. The lowest BCUT2D eigenvalue weighted by molar-refractivity contribution is 0.520. The van der Waals surface area contributed by atoms with Crippen molar-refractivity contribution in [3.05, 3.63) is 36.3 Å². The van der Waals surface area contributed by atoms with Gasteiger partial charge in [-0.2, -0.15) is 5.10 Å². The van der Waals surface area contributed by atoms with Crippen molar-refractivity contribution in [1.82, 2.24) is 19.5 Å². The molecule has 0 spiro atoms. The zero-order chi connectivity index (χ0) is 14.8. The molecule has 0 saturated heterocycles. The number of hydrogen-bond acceptors (Lipinski definition) is 5. The Kier molecular flexibility index (Phi) is 4.05. The third-order valence-corrected chi connectivity index (χ3v) is 4.70. The van der Waals surface area contributed by atoms with Crippen LogP contribution < -0.4 is 5.32 Å². The van der Waals surface area contributed by atoms with Gasteiger partial charge in [-0.3, -0.25) is 5.10 Å². The Balaban J connectivity index is 2.13. The molecule has 7 nitrogen and oxygen atoms in total. The monoisotopic (exact) mass is 295 g/mol. The third kappa shape index (κ3) is 2.97. The number of nitrogens with zero attached hydrogens (tertiary/aromatic N) is 3. The molecule has 0 amide bonds. The van der Waals surface area contributed by atoms with E-state index in [-0.39, 0.29) is 10.9 Å². The first kappa shape index (κ1) is 14.5. The van der Waals surface area contributed by atoms with Gasteiger partial charge in [0.1, 0.15) is 10.7 Å². The lowest BCUT2D eigenvalue weighted by Gasteiger charge is -2.14. The fourth-order valence-electron chi connectivity index (χ4n) is 1.63. The van der Waals surface area contributed by atoms with Crippen molar-refractivity contribution >= 4 is 15.8 Å². The Hall–Kier alpha value is -1.93. The predicted molar refractivity (Wildman–Crippen MR) is 75.7 cm³/mol. The summed E-state index contributed by atoms with van der Waals surface area (Å²) >= 11 is 0. The molecule has 0 aliphatic rings. The van der Waals surface area contributed by atoms with Gasteiger partial charge >= 0.3 is 0 Å². The summed E-state index contributed by atoms with van der Waals surface area (Å²) < 4.78 is 25.0. The Morgan fingerprint density at radius 3 is 2.55 bits per heavy atom. The summed E-state index contributed by atoms with van der Waals surface area (Å²) in [6.07, 6.45) is 4.87. The van der Waals surface area contributed by atoms with E-state index in [1.54, 1.807) is 18.5 Å². The highest BCUT2D eigenvalue weighted by atomic mass is 32.2. The van der Waals surface area contributed by atoms with E-state index in [1.165, 1.54) is 26.4 Å². The van der Waals surface area contributed by atoms with Gasteiger partial charge in [0.2, 0.25) is 10.0 Å². The molecule has 0 aliphatic heterocycles. The maximum absolute atomic E-state index is 11.9. The molecular formula is C12H17N5O2S. The van der Waals surface area contributed by atoms with Crippen molar-refractivity contribution in [3.63, 3.8) is 0 Å². The Morgan fingerprint density at radius 1 is 1.30 bits per heavy atom. The smallest absolute Gasteiger partial charge is 0.244 e. The fourth-order valence-corrected chi connectivity index (χ4v) is 2.48. The van der Waals surface area contributed by atoms with Crippen LogP contribution in [-0.4, -0.2) is 42.0 Å². The summed E-state index contributed by atoms with van der Waals surface area (Å²) in [5.74, 6) is 0.608. The van der Waals surface area contributed by atoms with Gasteiger partial charge in [-0.05, 0) is 19.1 Å². The molecule has 8 heteroatoms. The predicted octanol–water partition coefficient (Wildman–Crippen LogP) is 1.23. The second-order valence-corrected chi connectivity index (χ2v) is 6.72. The zero-order valence-electron chi connectivity index (χ0n) is 11.5. The van der Waals surface area contributed by atoms with Gasteiger partial charge in [-0.1, -0.05) is 0 Å². The number of hydrogen-bond donors (Lipinski definition) is 2. The first-order valence-corrected chi connectivity index (χ1v) is 7.49. The minimum absolute atomic E-state index is 0.0255. The first-order chi connectivity index (χ1) is 9.41. The second kappa shape index (κ2) is 5.59. The molecule has 1 atom stereocenters. The van der Waals surface area contributed by atoms with Crippen LogP contribution in [0.1, 0.15) is 18.5 Å². The molecule has 2 aromatic rings. The topological polar surface area (TPSA) is 91.0 Å². The lowest BCUT2D eigenvalue weighted by atomic mass is 10.2. The quantitative estimate of drug-likeness (QED) is 0.865. The highest BCUT2D eigenvalue weighted by Gasteiger charge is 2.17. The molecule has 20 heavy (non-hydrogen) atoms. The molecular weight excluding hydrogens is 278 g/mol. The number of nitrogens with one attached hydrogen (secondary N) is 2. The van der Waals surface area contributed by atoms with Crippen molar-refractivity contribution in [3.8, 4) is 0 Å². The van der Waals surface area contributed by atoms with Crippen LogP contribution >= 0.6 is 0 Å². The molecule has 108 valence electrons. The zero-order valence-corrected chi connectivity index (χ0v) is 12.3. The van der Waals surface area contributed by atoms with Crippen LogP contribution in [0, 0.1) is 0 Å². The maximum atomic E-state index is 11.9. The number of pyridine rings is 1. The molecule has 1 unspecified atom stereocenters. The van der Waals surface area contributed by atoms with E-state index < -0.39 is 10.0 Å². The van der Waals surface area contributed by atoms with E-state index in [4.69, 9.17) is 0 Å². The molecule has 0 bridgehead atoms. The number of anilines is 1. The van der Waals surface area contributed by atoms with E-state index in [9.17, 15) is 8.42 Å². The molecule has 0 fully saturated rings. The summed E-state index contributed by atoms with van der Waals surface area (Å²) in [6, 6.07) is 3.21. The molecule has 2 rings (SSSR count). The number of rotatable bonds is 5. The van der Waals surface area contributed by atoms with E-state index in [0.29, 0.717) is 5.82 Å². The van der Waals surface area contributed by atoms with Crippen LogP contribution in [0.4, 0.5) is 5.82 Å². The SMILES string of the molecule is CC(Nc1ccc(S(=O)(=O)N(C)C)cn1)c1cn[nH]c1. The van der Waals surface area contributed by atoms with Gasteiger partial charge in [0.15, 0.2) is 0 Å². The minimum atomic E-state index is -3.44. The van der Waals surface area contributed by atoms with Crippen LogP contribution in [0.5, 0.6) is 0 Å². The van der Waals surface area contributed by atoms with E-state index in [0.717, 1.165) is 9.87 Å². The van der Waals surface area contributed by atoms with Crippen LogP contribution in [-0.2, 0) is 10.0 Å². The van der Waals surface area contributed by atoms with E-state index in [2.05, 4.69) is 20.5 Å².